The summed E-state index contributed by atoms with van der Waals surface area (Å²) in [7, 11) is 0. The molecular weight excluding hydrogens is 264 g/mol. The SMILES string of the molecule is Cc1ccccc1-c1cc(C(C)c2ccccc2)ccc1C. The van der Waals surface area contributed by atoms with Crippen LogP contribution < -0.4 is 0 Å². The molecule has 0 aromatic heterocycles. The summed E-state index contributed by atoms with van der Waals surface area (Å²) in [6.07, 6.45) is 0. The Morgan fingerprint density at radius 2 is 1.23 bits per heavy atom. The van der Waals surface area contributed by atoms with Gasteiger partial charge < -0.3 is 0 Å². The quantitative estimate of drug-likeness (QED) is 0.544. The maximum atomic E-state index is 2.36. The Bertz CT molecular complexity index is 769. The molecule has 0 aliphatic carbocycles. The average molecular weight is 286 g/mol. The first kappa shape index (κ1) is 14.6. The molecule has 0 bridgehead atoms. The predicted molar refractivity (Wildman–Crippen MR) is 95.3 cm³/mol. The van der Waals surface area contributed by atoms with Crippen LogP contribution in [0.3, 0.4) is 0 Å². The van der Waals surface area contributed by atoms with E-state index >= 15 is 0 Å². The fourth-order valence-electron chi connectivity index (χ4n) is 3.01. The summed E-state index contributed by atoms with van der Waals surface area (Å²) in [5.41, 5.74) is 8.08. The summed E-state index contributed by atoms with van der Waals surface area (Å²) in [4.78, 5) is 0. The third-order valence-electron chi connectivity index (χ3n) is 4.50. The third-order valence-corrected chi connectivity index (χ3v) is 4.50. The molecule has 0 aliphatic rings. The molecule has 0 radical (unpaired) electrons. The Labute approximate surface area is 133 Å². The van der Waals surface area contributed by atoms with Crippen LogP contribution in [0, 0.1) is 13.8 Å². The van der Waals surface area contributed by atoms with E-state index in [4.69, 9.17) is 0 Å². The second kappa shape index (κ2) is 6.19. The Hall–Kier alpha value is -2.34. The highest BCUT2D eigenvalue weighted by Gasteiger charge is 2.11. The van der Waals surface area contributed by atoms with Gasteiger partial charge in [0.1, 0.15) is 0 Å². The van der Waals surface area contributed by atoms with Gasteiger partial charge in [0, 0.05) is 5.92 Å². The van der Waals surface area contributed by atoms with Gasteiger partial charge in [0.2, 0.25) is 0 Å². The molecule has 0 N–H and O–H groups in total. The zero-order valence-corrected chi connectivity index (χ0v) is 13.5. The number of hydrogen-bond donors (Lipinski definition) is 0. The second-order valence-corrected chi connectivity index (χ2v) is 6.02. The van der Waals surface area contributed by atoms with Gasteiger partial charge in [0.25, 0.3) is 0 Å². The van der Waals surface area contributed by atoms with Crippen molar-refractivity contribution in [2.75, 3.05) is 0 Å². The van der Waals surface area contributed by atoms with E-state index < -0.39 is 0 Å². The average Bonchev–Trinajstić information content (AvgIpc) is 2.56. The molecule has 3 aromatic carbocycles. The summed E-state index contributed by atoms with van der Waals surface area (Å²) in [5.74, 6) is 0.407. The van der Waals surface area contributed by atoms with Crippen molar-refractivity contribution >= 4 is 0 Å². The number of aryl methyl sites for hydroxylation is 2. The molecule has 0 nitrogen and oxygen atoms in total. The van der Waals surface area contributed by atoms with E-state index in [9.17, 15) is 0 Å². The van der Waals surface area contributed by atoms with Crippen LogP contribution in [0.15, 0.2) is 72.8 Å². The molecule has 22 heavy (non-hydrogen) atoms. The monoisotopic (exact) mass is 286 g/mol. The molecule has 0 aliphatic heterocycles. The highest BCUT2D eigenvalue weighted by Crippen LogP contribution is 2.31. The van der Waals surface area contributed by atoms with E-state index in [2.05, 4.69) is 93.6 Å². The first-order valence-corrected chi connectivity index (χ1v) is 7.88. The Kier molecular flexibility index (Phi) is 4.11. The van der Waals surface area contributed by atoms with Gasteiger partial charge >= 0.3 is 0 Å². The summed E-state index contributed by atoms with van der Waals surface area (Å²) >= 11 is 0. The van der Waals surface area contributed by atoms with Crippen LogP contribution >= 0.6 is 0 Å². The Morgan fingerprint density at radius 3 is 1.95 bits per heavy atom. The molecule has 3 aromatic rings. The third kappa shape index (κ3) is 2.82. The standard InChI is InChI=1S/C22H22/c1-16-9-7-8-12-21(16)22-15-20(14-13-17(22)2)18(3)19-10-5-4-6-11-19/h4-15,18H,1-3H3. The van der Waals surface area contributed by atoms with Gasteiger partial charge in [-0.2, -0.15) is 0 Å². The van der Waals surface area contributed by atoms with Gasteiger partial charge in [0.15, 0.2) is 0 Å². The molecule has 0 fully saturated rings. The molecule has 1 atom stereocenters. The lowest BCUT2D eigenvalue weighted by molar-refractivity contribution is 0.922. The minimum Gasteiger partial charge on any atom is -0.0622 e. The zero-order valence-electron chi connectivity index (χ0n) is 13.5. The minimum absolute atomic E-state index is 0.407. The van der Waals surface area contributed by atoms with Crippen molar-refractivity contribution in [3.8, 4) is 11.1 Å². The normalized spacial score (nSPS) is 12.1. The van der Waals surface area contributed by atoms with E-state index in [0.29, 0.717) is 5.92 Å². The van der Waals surface area contributed by atoms with Crippen LogP contribution in [0.5, 0.6) is 0 Å². The fourth-order valence-corrected chi connectivity index (χ4v) is 3.01. The number of hydrogen-bond acceptors (Lipinski definition) is 0. The van der Waals surface area contributed by atoms with Crippen molar-refractivity contribution in [2.24, 2.45) is 0 Å². The molecule has 110 valence electrons. The minimum atomic E-state index is 0.407. The lowest BCUT2D eigenvalue weighted by Gasteiger charge is -2.16. The van der Waals surface area contributed by atoms with Crippen molar-refractivity contribution in [1.82, 2.24) is 0 Å². The van der Waals surface area contributed by atoms with Crippen LogP contribution in [0.4, 0.5) is 0 Å². The van der Waals surface area contributed by atoms with Crippen LogP contribution in [-0.4, -0.2) is 0 Å². The Morgan fingerprint density at radius 1 is 0.591 bits per heavy atom. The van der Waals surface area contributed by atoms with Crippen molar-refractivity contribution in [2.45, 2.75) is 26.7 Å². The first-order valence-electron chi connectivity index (χ1n) is 7.88. The molecule has 0 saturated heterocycles. The first-order chi connectivity index (χ1) is 10.7. The van der Waals surface area contributed by atoms with Crippen molar-refractivity contribution in [3.63, 3.8) is 0 Å². The van der Waals surface area contributed by atoms with Crippen molar-refractivity contribution < 1.29 is 0 Å². The van der Waals surface area contributed by atoms with Gasteiger partial charge in [-0.3, -0.25) is 0 Å². The maximum Gasteiger partial charge on any atom is 0.00612 e. The fraction of sp³-hybridized carbons (Fsp3) is 0.182. The maximum absolute atomic E-state index is 2.36. The van der Waals surface area contributed by atoms with E-state index in [1.54, 1.807) is 0 Å². The van der Waals surface area contributed by atoms with Crippen LogP contribution in [-0.2, 0) is 0 Å². The number of benzene rings is 3. The summed E-state index contributed by atoms with van der Waals surface area (Å²) < 4.78 is 0. The highest BCUT2D eigenvalue weighted by molar-refractivity contribution is 5.71. The van der Waals surface area contributed by atoms with E-state index in [0.717, 1.165) is 0 Å². The van der Waals surface area contributed by atoms with Crippen molar-refractivity contribution in [1.29, 1.82) is 0 Å². The molecule has 0 heterocycles. The van der Waals surface area contributed by atoms with Gasteiger partial charge in [-0.1, -0.05) is 79.7 Å². The van der Waals surface area contributed by atoms with Crippen LogP contribution in [0.25, 0.3) is 11.1 Å². The van der Waals surface area contributed by atoms with Gasteiger partial charge in [-0.15, -0.1) is 0 Å². The molecule has 3 rings (SSSR count). The highest BCUT2D eigenvalue weighted by atomic mass is 14.2. The lowest BCUT2D eigenvalue weighted by Crippen LogP contribution is -1.97. The molecular formula is C22H22. The molecule has 0 spiro atoms. The van der Waals surface area contributed by atoms with E-state index in [1.807, 2.05) is 0 Å². The summed E-state index contributed by atoms with van der Waals surface area (Å²) in [5, 5.41) is 0. The molecule has 0 heteroatoms. The molecule has 0 saturated carbocycles. The summed E-state index contributed by atoms with van der Waals surface area (Å²) in [6, 6.07) is 26.2. The van der Waals surface area contributed by atoms with Gasteiger partial charge in [-0.05, 0) is 47.2 Å². The van der Waals surface area contributed by atoms with Crippen LogP contribution in [0.2, 0.25) is 0 Å². The smallest absolute Gasteiger partial charge is 0.00612 e. The summed E-state index contributed by atoms with van der Waals surface area (Å²) in [6.45, 7) is 6.66. The predicted octanol–water partition coefficient (Wildman–Crippen LogP) is 6.12. The van der Waals surface area contributed by atoms with Crippen molar-refractivity contribution in [3.05, 3.63) is 95.1 Å². The topological polar surface area (TPSA) is 0 Å². The van der Waals surface area contributed by atoms with Crippen LogP contribution in [0.1, 0.15) is 35.1 Å². The molecule has 0 amide bonds. The zero-order chi connectivity index (χ0) is 15.5. The largest absolute Gasteiger partial charge is 0.0622 e. The molecule has 1 unspecified atom stereocenters. The lowest BCUT2D eigenvalue weighted by atomic mass is 9.88. The van der Waals surface area contributed by atoms with E-state index in [1.165, 1.54) is 33.4 Å². The van der Waals surface area contributed by atoms with Gasteiger partial charge in [-0.25, -0.2) is 0 Å². The Balaban J connectivity index is 2.06. The van der Waals surface area contributed by atoms with E-state index in [-0.39, 0.29) is 0 Å². The van der Waals surface area contributed by atoms with Gasteiger partial charge in [0.05, 0.1) is 0 Å². The number of rotatable bonds is 3. The second-order valence-electron chi connectivity index (χ2n) is 6.02.